The predicted octanol–water partition coefficient (Wildman–Crippen LogP) is 2.59. The van der Waals surface area contributed by atoms with Crippen molar-refractivity contribution in [2.75, 3.05) is 6.61 Å². The lowest BCUT2D eigenvalue weighted by atomic mass is 10.0. The van der Waals surface area contributed by atoms with E-state index in [2.05, 4.69) is 0 Å². The highest BCUT2D eigenvalue weighted by molar-refractivity contribution is 5.45. The second kappa shape index (κ2) is 4.94. The number of benzene rings is 1. The summed E-state index contributed by atoms with van der Waals surface area (Å²) in [4.78, 5) is 10.4. The van der Waals surface area contributed by atoms with Gasteiger partial charge >= 0.3 is 0 Å². The minimum atomic E-state index is -0.764. The van der Waals surface area contributed by atoms with Crippen molar-refractivity contribution in [3.63, 3.8) is 0 Å². The van der Waals surface area contributed by atoms with Crippen LogP contribution in [-0.4, -0.2) is 22.2 Å². The minimum Gasteiger partial charge on any atom is -0.490 e. The lowest BCUT2D eigenvalue weighted by molar-refractivity contribution is -0.385. The van der Waals surface area contributed by atoms with Gasteiger partial charge in [0.1, 0.15) is 12.4 Å². The summed E-state index contributed by atoms with van der Waals surface area (Å²) in [5.41, 5.74) is -0.113. The number of aryl methyl sites for hydroxylation is 1. The lowest BCUT2D eigenvalue weighted by Gasteiger charge is -2.22. The molecule has 1 aromatic carbocycles. The number of nitro groups is 1. The van der Waals surface area contributed by atoms with Crippen molar-refractivity contribution in [2.45, 2.75) is 38.2 Å². The number of aliphatic hydroxyl groups is 1. The first-order valence-corrected chi connectivity index (χ1v) is 6.10. The molecule has 1 fully saturated rings. The second-order valence-electron chi connectivity index (χ2n) is 4.93. The van der Waals surface area contributed by atoms with Gasteiger partial charge in [0.25, 0.3) is 5.69 Å². The molecule has 1 aliphatic carbocycles. The summed E-state index contributed by atoms with van der Waals surface area (Å²) in [6.07, 6.45) is 3.49. The molecule has 0 aromatic heterocycles. The van der Waals surface area contributed by atoms with Crippen LogP contribution in [0.2, 0.25) is 0 Å². The van der Waals surface area contributed by atoms with E-state index in [0.29, 0.717) is 11.3 Å². The molecule has 1 aromatic rings. The molecule has 1 saturated carbocycles. The molecule has 0 unspecified atom stereocenters. The number of nitro benzene ring substituents is 1. The summed E-state index contributed by atoms with van der Waals surface area (Å²) >= 11 is 0. The summed E-state index contributed by atoms with van der Waals surface area (Å²) in [5, 5.41) is 20.9. The van der Waals surface area contributed by atoms with Crippen LogP contribution in [0.4, 0.5) is 5.69 Å². The fourth-order valence-electron chi connectivity index (χ4n) is 2.27. The molecule has 0 aliphatic heterocycles. The molecular weight excluding hydrogens is 234 g/mol. The quantitative estimate of drug-likeness (QED) is 0.659. The average Bonchev–Trinajstić information content (AvgIpc) is 2.75. The molecule has 0 spiro atoms. The Morgan fingerprint density at radius 3 is 2.72 bits per heavy atom. The fourth-order valence-corrected chi connectivity index (χ4v) is 2.27. The summed E-state index contributed by atoms with van der Waals surface area (Å²) in [6.45, 7) is 1.89. The third-order valence-corrected chi connectivity index (χ3v) is 3.42. The van der Waals surface area contributed by atoms with E-state index in [1.807, 2.05) is 0 Å². The van der Waals surface area contributed by atoms with Crippen molar-refractivity contribution in [3.8, 4) is 5.75 Å². The van der Waals surface area contributed by atoms with Crippen molar-refractivity contribution >= 4 is 5.69 Å². The van der Waals surface area contributed by atoms with Crippen LogP contribution in [0.5, 0.6) is 5.75 Å². The first kappa shape index (κ1) is 12.8. The van der Waals surface area contributed by atoms with E-state index in [1.54, 1.807) is 19.1 Å². The maximum absolute atomic E-state index is 10.8. The van der Waals surface area contributed by atoms with Crippen molar-refractivity contribution in [1.82, 2.24) is 0 Å². The van der Waals surface area contributed by atoms with Gasteiger partial charge in [-0.3, -0.25) is 10.1 Å². The Bertz CT molecular complexity index is 452. The van der Waals surface area contributed by atoms with E-state index < -0.39 is 10.5 Å². The van der Waals surface area contributed by atoms with Gasteiger partial charge in [0.05, 0.1) is 16.6 Å². The van der Waals surface area contributed by atoms with Gasteiger partial charge in [-0.05, 0) is 31.9 Å². The number of hydrogen-bond acceptors (Lipinski definition) is 4. The summed E-state index contributed by atoms with van der Waals surface area (Å²) in [7, 11) is 0. The van der Waals surface area contributed by atoms with Crippen LogP contribution in [0.25, 0.3) is 0 Å². The van der Waals surface area contributed by atoms with E-state index in [9.17, 15) is 15.2 Å². The van der Waals surface area contributed by atoms with Crippen molar-refractivity contribution < 1.29 is 14.8 Å². The largest absolute Gasteiger partial charge is 0.490 e. The van der Waals surface area contributed by atoms with Gasteiger partial charge in [0.2, 0.25) is 0 Å². The number of nitrogens with zero attached hydrogens (tertiary/aromatic N) is 1. The van der Waals surface area contributed by atoms with Crippen LogP contribution in [0.1, 0.15) is 31.2 Å². The van der Waals surface area contributed by atoms with Gasteiger partial charge in [-0.25, -0.2) is 0 Å². The van der Waals surface area contributed by atoms with Gasteiger partial charge < -0.3 is 9.84 Å². The average molecular weight is 251 g/mol. The molecule has 5 nitrogen and oxygen atoms in total. The Morgan fingerprint density at radius 1 is 1.44 bits per heavy atom. The van der Waals surface area contributed by atoms with E-state index in [0.717, 1.165) is 25.7 Å². The molecule has 0 bridgehead atoms. The number of rotatable bonds is 4. The molecule has 2 rings (SSSR count). The van der Waals surface area contributed by atoms with Crippen molar-refractivity contribution in [1.29, 1.82) is 0 Å². The summed E-state index contributed by atoms with van der Waals surface area (Å²) < 4.78 is 5.48. The molecule has 98 valence electrons. The van der Waals surface area contributed by atoms with Gasteiger partial charge in [-0.2, -0.15) is 0 Å². The topological polar surface area (TPSA) is 72.6 Å². The highest BCUT2D eigenvalue weighted by Crippen LogP contribution is 2.31. The zero-order valence-electron chi connectivity index (χ0n) is 10.4. The Balaban J connectivity index is 2.05. The van der Waals surface area contributed by atoms with E-state index in [-0.39, 0.29) is 12.3 Å². The van der Waals surface area contributed by atoms with Crippen LogP contribution >= 0.6 is 0 Å². The zero-order valence-corrected chi connectivity index (χ0v) is 10.4. The van der Waals surface area contributed by atoms with Crippen LogP contribution in [0.15, 0.2) is 18.2 Å². The SMILES string of the molecule is Cc1ccc(OCC2(O)CCCC2)cc1[N+](=O)[O-]. The second-order valence-corrected chi connectivity index (χ2v) is 4.93. The molecule has 1 aliphatic rings. The van der Waals surface area contributed by atoms with E-state index in [4.69, 9.17) is 4.74 Å². The van der Waals surface area contributed by atoms with Gasteiger partial charge in [-0.1, -0.05) is 12.8 Å². The van der Waals surface area contributed by atoms with Crippen LogP contribution in [-0.2, 0) is 0 Å². The Morgan fingerprint density at radius 2 is 2.11 bits per heavy atom. The fraction of sp³-hybridized carbons (Fsp3) is 0.538. The lowest BCUT2D eigenvalue weighted by Crippen LogP contribution is -2.32. The maximum Gasteiger partial charge on any atom is 0.276 e. The molecule has 1 N–H and O–H groups in total. The molecule has 0 radical (unpaired) electrons. The van der Waals surface area contributed by atoms with Crippen LogP contribution in [0, 0.1) is 17.0 Å². The molecule has 0 amide bonds. The van der Waals surface area contributed by atoms with Crippen molar-refractivity contribution in [3.05, 3.63) is 33.9 Å². The van der Waals surface area contributed by atoms with Crippen LogP contribution < -0.4 is 4.74 Å². The molecular formula is C13H17NO4. The minimum absolute atomic E-state index is 0.0471. The molecule has 0 atom stereocenters. The van der Waals surface area contributed by atoms with Crippen LogP contribution in [0.3, 0.4) is 0 Å². The highest BCUT2D eigenvalue weighted by Gasteiger charge is 2.32. The predicted molar refractivity (Wildman–Crippen MR) is 66.7 cm³/mol. The Labute approximate surface area is 106 Å². The third-order valence-electron chi connectivity index (χ3n) is 3.42. The first-order valence-electron chi connectivity index (χ1n) is 6.10. The first-order chi connectivity index (χ1) is 8.50. The van der Waals surface area contributed by atoms with E-state index >= 15 is 0 Å². The molecule has 18 heavy (non-hydrogen) atoms. The number of hydrogen-bond donors (Lipinski definition) is 1. The summed E-state index contributed by atoms with van der Waals surface area (Å²) in [5.74, 6) is 0.438. The van der Waals surface area contributed by atoms with E-state index in [1.165, 1.54) is 6.07 Å². The molecule has 5 heteroatoms. The highest BCUT2D eigenvalue weighted by atomic mass is 16.6. The smallest absolute Gasteiger partial charge is 0.276 e. The summed E-state index contributed by atoms with van der Waals surface area (Å²) in [6, 6.07) is 4.76. The standard InChI is InChI=1S/C13H17NO4/c1-10-4-5-11(8-12(10)14(16)17)18-9-13(15)6-2-3-7-13/h4-5,8,15H,2-3,6-7,9H2,1H3. The van der Waals surface area contributed by atoms with Gasteiger partial charge in [0, 0.05) is 5.56 Å². The zero-order chi connectivity index (χ0) is 13.2. The Hall–Kier alpha value is -1.62. The molecule has 0 heterocycles. The number of ether oxygens (including phenoxy) is 1. The van der Waals surface area contributed by atoms with Crippen molar-refractivity contribution in [2.24, 2.45) is 0 Å². The van der Waals surface area contributed by atoms with Gasteiger partial charge in [-0.15, -0.1) is 0 Å². The third kappa shape index (κ3) is 2.79. The normalized spacial score (nSPS) is 17.7. The molecule has 0 saturated heterocycles. The Kier molecular flexibility index (Phi) is 3.52. The monoisotopic (exact) mass is 251 g/mol. The van der Waals surface area contributed by atoms with Gasteiger partial charge in [0.15, 0.2) is 0 Å². The maximum atomic E-state index is 10.8.